The Labute approximate surface area is 142 Å². The number of rotatable bonds is 5. The highest BCUT2D eigenvalue weighted by molar-refractivity contribution is 9.10. The lowest BCUT2D eigenvalue weighted by Gasteiger charge is -2.35. The molecule has 8 heteroatoms. The number of nitrogens with one attached hydrogen (secondary N) is 1. The first kappa shape index (κ1) is 16.2. The Kier molecular flexibility index (Phi) is 4.82. The van der Waals surface area contributed by atoms with Gasteiger partial charge in [0.25, 0.3) is 5.69 Å². The number of amides is 1. The second-order valence-electron chi connectivity index (χ2n) is 6.00. The van der Waals surface area contributed by atoms with E-state index in [1.807, 2.05) is 11.0 Å². The molecule has 7 nitrogen and oxygen atoms in total. The topological polar surface area (TPSA) is 78.7 Å². The van der Waals surface area contributed by atoms with Gasteiger partial charge in [-0.05, 0) is 25.0 Å². The Balaban J connectivity index is 1.58. The van der Waals surface area contributed by atoms with Gasteiger partial charge in [-0.25, -0.2) is 0 Å². The molecular formula is C15H19BrN4O3. The highest BCUT2D eigenvalue weighted by atomic mass is 79.9. The van der Waals surface area contributed by atoms with Gasteiger partial charge in [-0.1, -0.05) is 15.9 Å². The summed E-state index contributed by atoms with van der Waals surface area (Å²) in [6.45, 7) is 3.22. The van der Waals surface area contributed by atoms with Gasteiger partial charge in [0.2, 0.25) is 5.91 Å². The summed E-state index contributed by atoms with van der Waals surface area (Å²) < 4.78 is 0.698. The van der Waals surface area contributed by atoms with Crippen LogP contribution in [0.5, 0.6) is 0 Å². The van der Waals surface area contributed by atoms with E-state index < -0.39 is 0 Å². The van der Waals surface area contributed by atoms with Crippen molar-refractivity contribution in [3.8, 4) is 0 Å². The smallest absolute Gasteiger partial charge is 0.293 e. The number of piperazine rings is 1. The lowest BCUT2D eigenvalue weighted by molar-refractivity contribution is -0.384. The molecule has 0 unspecified atom stereocenters. The number of nitro groups is 1. The van der Waals surface area contributed by atoms with Crippen molar-refractivity contribution in [3.05, 3.63) is 32.8 Å². The van der Waals surface area contributed by atoms with Crippen LogP contribution in [-0.4, -0.2) is 54.5 Å². The maximum absolute atomic E-state index is 11.8. The Morgan fingerprint density at radius 1 is 1.30 bits per heavy atom. The van der Waals surface area contributed by atoms with Crippen LogP contribution in [0, 0.1) is 10.1 Å². The number of carbonyl (C=O) groups excluding carboxylic acids is 1. The summed E-state index contributed by atoms with van der Waals surface area (Å²) in [5.74, 6) is 0.0792. The summed E-state index contributed by atoms with van der Waals surface area (Å²) in [7, 11) is 0. The summed E-state index contributed by atoms with van der Waals surface area (Å²) in [6, 6.07) is 5.51. The van der Waals surface area contributed by atoms with Gasteiger partial charge < -0.3 is 10.2 Å². The number of carbonyl (C=O) groups is 1. The number of anilines is 1. The molecule has 0 atom stereocenters. The van der Waals surface area contributed by atoms with E-state index in [4.69, 9.17) is 0 Å². The molecule has 1 aromatic rings. The van der Waals surface area contributed by atoms with Gasteiger partial charge in [0.1, 0.15) is 5.69 Å². The zero-order valence-corrected chi connectivity index (χ0v) is 14.3. The van der Waals surface area contributed by atoms with Gasteiger partial charge in [-0.3, -0.25) is 19.8 Å². The van der Waals surface area contributed by atoms with E-state index in [9.17, 15) is 14.9 Å². The molecule has 0 bridgehead atoms. The Bertz CT molecular complexity index is 613. The Morgan fingerprint density at radius 2 is 2.00 bits per heavy atom. The van der Waals surface area contributed by atoms with Crippen molar-refractivity contribution in [2.45, 2.75) is 18.9 Å². The van der Waals surface area contributed by atoms with Gasteiger partial charge in [-0.15, -0.1) is 0 Å². The van der Waals surface area contributed by atoms with Gasteiger partial charge >= 0.3 is 0 Å². The first-order valence-corrected chi connectivity index (χ1v) is 8.53. The third-order valence-electron chi connectivity index (χ3n) is 4.16. The lowest BCUT2D eigenvalue weighted by Crippen LogP contribution is -2.49. The summed E-state index contributed by atoms with van der Waals surface area (Å²) >= 11 is 3.27. The third kappa shape index (κ3) is 4.20. The van der Waals surface area contributed by atoms with Crippen molar-refractivity contribution in [1.29, 1.82) is 0 Å². The quantitative estimate of drug-likeness (QED) is 0.619. The van der Waals surface area contributed by atoms with Gasteiger partial charge in [0.05, 0.1) is 11.5 Å². The van der Waals surface area contributed by atoms with Crippen molar-refractivity contribution in [2.24, 2.45) is 0 Å². The maximum Gasteiger partial charge on any atom is 0.293 e. The van der Waals surface area contributed by atoms with Crippen LogP contribution in [0.4, 0.5) is 11.4 Å². The minimum absolute atomic E-state index is 0.0792. The highest BCUT2D eigenvalue weighted by Crippen LogP contribution is 2.31. The molecular weight excluding hydrogens is 364 g/mol. The lowest BCUT2D eigenvalue weighted by atomic mass is 10.2. The summed E-state index contributed by atoms with van der Waals surface area (Å²) in [4.78, 5) is 26.8. The van der Waals surface area contributed by atoms with Crippen LogP contribution in [0.3, 0.4) is 0 Å². The van der Waals surface area contributed by atoms with E-state index in [0.29, 0.717) is 35.8 Å². The molecule has 1 aliphatic heterocycles. The molecule has 1 aromatic carbocycles. The molecule has 0 radical (unpaired) electrons. The number of hydrogen-bond donors (Lipinski definition) is 1. The maximum atomic E-state index is 11.8. The molecule has 23 heavy (non-hydrogen) atoms. The zero-order chi connectivity index (χ0) is 16.4. The van der Waals surface area contributed by atoms with Crippen LogP contribution in [0.15, 0.2) is 22.7 Å². The van der Waals surface area contributed by atoms with E-state index in [1.165, 1.54) is 6.07 Å². The standard InChI is InChI=1S/C15H19BrN4O3/c16-11-1-4-13(14(9-11)20(22)23)19-7-5-18(6-8-19)10-15(21)17-12-2-3-12/h1,4,9,12H,2-3,5-8,10H2,(H,17,21). The molecule has 124 valence electrons. The van der Waals surface area contributed by atoms with Crippen molar-refractivity contribution in [3.63, 3.8) is 0 Å². The molecule has 0 aromatic heterocycles. The molecule has 1 heterocycles. The van der Waals surface area contributed by atoms with Crippen molar-refractivity contribution in [2.75, 3.05) is 37.6 Å². The predicted molar refractivity (Wildman–Crippen MR) is 90.6 cm³/mol. The summed E-state index contributed by atoms with van der Waals surface area (Å²) in [5.41, 5.74) is 0.750. The number of hydrogen-bond acceptors (Lipinski definition) is 5. The predicted octanol–water partition coefficient (Wildman–Crippen LogP) is 1.76. The SMILES string of the molecule is O=C(CN1CCN(c2ccc(Br)cc2[N+](=O)[O-])CC1)NC1CC1. The van der Waals surface area contributed by atoms with Crippen LogP contribution in [0.25, 0.3) is 0 Å². The molecule has 0 spiro atoms. The second-order valence-corrected chi connectivity index (χ2v) is 6.91. The number of nitro benzene ring substituents is 1. The van der Waals surface area contributed by atoms with Gasteiger partial charge in [-0.2, -0.15) is 0 Å². The molecule has 1 amide bonds. The molecule has 2 aliphatic rings. The van der Waals surface area contributed by atoms with Crippen LogP contribution in [-0.2, 0) is 4.79 Å². The molecule has 1 saturated carbocycles. The minimum atomic E-state index is -0.352. The van der Waals surface area contributed by atoms with Crippen LogP contribution < -0.4 is 10.2 Å². The third-order valence-corrected chi connectivity index (χ3v) is 4.65. The monoisotopic (exact) mass is 382 g/mol. The van der Waals surface area contributed by atoms with Crippen molar-refractivity contribution >= 4 is 33.2 Å². The molecule has 3 rings (SSSR count). The van der Waals surface area contributed by atoms with Gasteiger partial charge in [0.15, 0.2) is 0 Å². The fourth-order valence-electron chi connectivity index (χ4n) is 2.76. The first-order valence-electron chi connectivity index (χ1n) is 7.73. The first-order chi connectivity index (χ1) is 11.0. The van der Waals surface area contributed by atoms with E-state index >= 15 is 0 Å². The number of nitrogens with zero attached hydrogens (tertiary/aromatic N) is 3. The van der Waals surface area contributed by atoms with E-state index in [2.05, 4.69) is 26.1 Å². The Morgan fingerprint density at radius 3 is 2.61 bits per heavy atom. The zero-order valence-electron chi connectivity index (χ0n) is 12.7. The molecule has 1 aliphatic carbocycles. The molecule has 1 N–H and O–H groups in total. The molecule has 2 fully saturated rings. The van der Waals surface area contributed by atoms with Gasteiger partial charge in [0, 0.05) is 42.8 Å². The highest BCUT2D eigenvalue weighted by Gasteiger charge is 2.27. The average molecular weight is 383 g/mol. The van der Waals surface area contributed by atoms with E-state index in [-0.39, 0.29) is 16.5 Å². The number of halogens is 1. The van der Waals surface area contributed by atoms with Crippen LogP contribution in [0.2, 0.25) is 0 Å². The number of benzene rings is 1. The fraction of sp³-hybridized carbons (Fsp3) is 0.533. The summed E-state index contributed by atoms with van der Waals surface area (Å²) in [6.07, 6.45) is 2.18. The summed E-state index contributed by atoms with van der Waals surface area (Å²) in [5, 5.41) is 14.2. The fourth-order valence-corrected chi connectivity index (χ4v) is 3.11. The van der Waals surface area contributed by atoms with Crippen LogP contribution in [0.1, 0.15) is 12.8 Å². The van der Waals surface area contributed by atoms with Crippen molar-refractivity contribution < 1.29 is 9.72 Å². The largest absolute Gasteiger partial charge is 0.363 e. The average Bonchev–Trinajstić information content (AvgIpc) is 3.32. The normalized spacial score (nSPS) is 18.7. The van der Waals surface area contributed by atoms with E-state index in [0.717, 1.165) is 25.9 Å². The Hall–Kier alpha value is -1.67. The van der Waals surface area contributed by atoms with Crippen LogP contribution >= 0.6 is 15.9 Å². The molecule has 1 saturated heterocycles. The minimum Gasteiger partial charge on any atom is -0.363 e. The second kappa shape index (κ2) is 6.84. The van der Waals surface area contributed by atoms with Crippen molar-refractivity contribution in [1.82, 2.24) is 10.2 Å². The van der Waals surface area contributed by atoms with E-state index in [1.54, 1.807) is 6.07 Å².